The van der Waals surface area contributed by atoms with E-state index in [1.807, 2.05) is 49.4 Å². The smallest absolute Gasteiger partial charge is 0.361 e. The number of carbonyl (C=O) groups is 1. The zero-order chi connectivity index (χ0) is 26.6. The van der Waals surface area contributed by atoms with Crippen LogP contribution in [0.25, 0.3) is 11.3 Å². The van der Waals surface area contributed by atoms with Crippen LogP contribution in [-0.4, -0.2) is 40.8 Å². The van der Waals surface area contributed by atoms with Crippen molar-refractivity contribution in [1.82, 2.24) is 15.0 Å². The first kappa shape index (κ1) is 27.2. The lowest BCUT2D eigenvalue weighted by Crippen LogP contribution is -2.39. The Bertz CT molecular complexity index is 1240. The van der Waals surface area contributed by atoms with Crippen LogP contribution in [0.3, 0.4) is 0 Å². The summed E-state index contributed by atoms with van der Waals surface area (Å²) < 4.78 is 13.0. The Morgan fingerprint density at radius 3 is 2.51 bits per heavy atom. The molecule has 0 radical (unpaired) electrons. The molecule has 0 bridgehead atoms. The molecule has 0 aliphatic heterocycles. The van der Waals surface area contributed by atoms with Gasteiger partial charge < -0.3 is 25.9 Å². The lowest BCUT2D eigenvalue weighted by atomic mass is 10.1. The molecule has 0 saturated carbocycles. The van der Waals surface area contributed by atoms with Gasteiger partial charge in [0.15, 0.2) is 6.10 Å². The van der Waals surface area contributed by atoms with Gasteiger partial charge in [0.05, 0.1) is 12.2 Å². The van der Waals surface area contributed by atoms with Crippen molar-refractivity contribution >= 4 is 11.9 Å². The highest BCUT2D eigenvalue weighted by molar-refractivity contribution is 5.80. The third-order valence-electron chi connectivity index (χ3n) is 5.43. The zero-order valence-electron chi connectivity index (χ0n) is 20.9. The predicted octanol–water partition coefficient (Wildman–Crippen LogP) is 1.74. The molecule has 196 valence electrons. The molecule has 1 unspecified atom stereocenters. The normalized spacial score (nSPS) is 12.1. The summed E-state index contributed by atoms with van der Waals surface area (Å²) in [5.41, 5.74) is 9.80. The second kappa shape index (κ2) is 13.6. The molecule has 0 spiro atoms. The van der Waals surface area contributed by atoms with E-state index in [9.17, 15) is 9.59 Å². The molecule has 0 saturated heterocycles. The van der Waals surface area contributed by atoms with E-state index in [0.29, 0.717) is 43.4 Å². The van der Waals surface area contributed by atoms with Gasteiger partial charge in [0.25, 0.3) is 5.56 Å². The molecule has 0 aliphatic rings. The van der Waals surface area contributed by atoms with Crippen LogP contribution >= 0.6 is 0 Å². The standard InChI is InChI=1S/C26H32N6O5/c1-3-23-29-21(19-8-6-5-7-9-19)17-24(33)32(23)14-15-36-20-12-10-18(11-13-20)16-22(35-4-2)25(34)37-31-26(27)30-28/h5-13,17,22H,3-4,14-16,28H2,1-2H3,(H3,27,30,31). The largest absolute Gasteiger partial charge is 0.492 e. The van der Waals surface area contributed by atoms with Gasteiger partial charge >= 0.3 is 5.97 Å². The summed E-state index contributed by atoms with van der Waals surface area (Å²) in [7, 11) is 0. The van der Waals surface area contributed by atoms with E-state index >= 15 is 0 Å². The maximum atomic E-state index is 12.8. The Hall–Kier alpha value is -4.38. The van der Waals surface area contributed by atoms with Gasteiger partial charge in [-0.15, -0.1) is 5.10 Å². The maximum Gasteiger partial charge on any atom is 0.361 e. The lowest BCUT2D eigenvalue weighted by Gasteiger charge is -2.16. The van der Waals surface area contributed by atoms with E-state index in [1.165, 1.54) is 0 Å². The van der Waals surface area contributed by atoms with Gasteiger partial charge in [-0.3, -0.25) is 9.36 Å². The number of guanidine groups is 1. The number of ether oxygens (including phenoxy) is 2. The van der Waals surface area contributed by atoms with E-state index in [-0.39, 0.29) is 17.9 Å². The highest BCUT2D eigenvalue weighted by Crippen LogP contribution is 2.17. The Balaban J connectivity index is 1.58. The maximum absolute atomic E-state index is 12.8. The van der Waals surface area contributed by atoms with Crippen LogP contribution in [0.15, 0.2) is 70.6 Å². The molecule has 3 rings (SSSR count). The zero-order valence-corrected chi connectivity index (χ0v) is 20.9. The summed E-state index contributed by atoms with van der Waals surface area (Å²) in [5, 5.41) is 3.16. The number of benzene rings is 2. The fourth-order valence-electron chi connectivity index (χ4n) is 3.62. The molecule has 5 N–H and O–H groups in total. The van der Waals surface area contributed by atoms with Crippen LogP contribution < -0.4 is 27.4 Å². The molecule has 1 heterocycles. The van der Waals surface area contributed by atoms with E-state index in [0.717, 1.165) is 11.1 Å². The number of aromatic nitrogens is 2. The fraction of sp³-hybridized carbons (Fsp3) is 0.308. The number of hydrazone groups is 1. The van der Waals surface area contributed by atoms with E-state index in [1.54, 1.807) is 29.7 Å². The van der Waals surface area contributed by atoms with Crippen molar-refractivity contribution in [2.75, 3.05) is 13.2 Å². The summed E-state index contributed by atoms with van der Waals surface area (Å²) in [6.07, 6.45) is 0.0542. The molecule has 1 atom stereocenters. The number of hydrogen-bond acceptors (Lipinski definition) is 8. The minimum absolute atomic E-state index is 0.118. The van der Waals surface area contributed by atoms with Crippen molar-refractivity contribution in [2.24, 2.45) is 16.7 Å². The number of aryl methyl sites for hydroxylation is 1. The number of rotatable bonds is 11. The summed E-state index contributed by atoms with van der Waals surface area (Å²) >= 11 is 0. The second-order valence-corrected chi connectivity index (χ2v) is 7.95. The Morgan fingerprint density at radius 2 is 1.86 bits per heavy atom. The van der Waals surface area contributed by atoms with Crippen LogP contribution in [0.2, 0.25) is 0 Å². The topological polar surface area (TPSA) is 156 Å². The van der Waals surface area contributed by atoms with Gasteiger partial charge in [0.2, 0.25) is 5.96 Å². The summed E-state index contributed by atoms with van der Waals surface area (Å²) in [6, 6.07) is 18.4. The number of nitrogens with two attached hydrogens (primary N) is 2. The summed E-state index contributed by atoms with van der Waals surface area (Å²) in [4.78, 5) is 34.6. The van der Waals surface area contributed by atoms with Crippen LogP contribution in [0.4, 0.5) is 0 Å². The van der Waals surface area contributed by atoms with Gasteiger partial charge in [-0.2, -0.15) is 5.48 Å². The summed E-state index contributed by atoms with van der Waals surface area (Å²) in [5.74, 6) is 5.44. The first-order chi connectivity index (χ1) is 17.9. The number of hydrogen-bond donors (Lipinski definition) is 3. The SMILES string of the molecule is CCOC(Cc1ccc(OCCn2c(CC)nc(-c3ccccc3)cc2=O)cc1)C(=O)ONC(N)=NN. The Morgan fingerprint density at radius 1 is 1.14 bits per heavy atom. The van der Waals surface area contributed by atoms with Gasteiger partial charge in [-0.25, -0.2) is 9.78 Å². The van der Waals surface area contributed by atoms with Crippen LogP contribution in [-0.2, 0) is 33.8 Å². The van der Waals surface area contributed by atoms with Gasteiger partial charge in [-0.1, -0.05) is 49.4 Å². The monoisotopic (exact) mass is 508 g/mol. The number of nitrogens with zero attached hydrogens (tertiary/aromatic N) is 3. The average Bonchev–Trinajstić information content (AvgIpc) is 2.93. The molecule has 11 nitrogen and oxygen atoms in total. The highest BCUT2D eigenvalue weighted by Gasteiger charge is 2.22. The van der Waals surface area contributed by atoms with Crippen molar-refractivity contribution in [3.63, 3.8) is 0 Å². The molecular formula is C26H32N6O5. The number of hydroxylamine groups is 1. The van der Waals surface area contributed by atoms with Crippen molar-refractivity contribution in [3.8, 4) is 17.0 Å². The van der Waals surface area contributed by atoms with E-state index in [2.05, 4.69) is 15.6 Å². The fourth-order valence-corrected chi connectivity index (χ4v) is 3.62. The van der Waals surface area contributed by atoms with Crippen molar-refractivity contribution < 1.29 is 19.1 Å². The predicted molar refractivity (Wildman–Crippen MR) is 139 cm³/mol. The molecule has 0 aliphatic carbocycles. The van der Waals surface area contributed by atoms with Gasteiger partial charge in [0, 0.05) is 31.1 Å². The summed E-state index contributed by atoms with van der Waals surface area (Å²) in [6.45, 7) is 4.73. The number of carbonyl (C=O) groups excluding carboxylic acids is 1. The molecule has 0 amide bonds. The number of nitrogens with one attached hydrogen (secondary N) is 1. The molecule has 0 fully saturated rings. The molecule has 3 aromatic rings. The molecule has 2 aromatic carbocycles. The van der Waals surface area contributed by atoms with E-state index < -0.39 is 12.1 Å². The minimum Gasteiger partial charge on any atom is -0.492 e. The third kappa shape index (κ3) is 7.80. The van der Waals surface area contributed by atoms with Crippen LogP contribution in [0.5, 0.6) is 5.75 Å². The highest BCUT2D eigenvalue weighted by atomic mass is 16.7. The van der Waals surface area contributed by atoms with Gasteiger partial charge in [0.1, 0.15) is 18.2 Å². The van der Waals surface area contributed by atoms with Crippen LogP contribution in [0, 0.1) is 0 Å². The van der Waals surface area contributed by atoms with Crippen LogP contribution in [0.1, 0.15) is 25.2 Å². The molecule has 11 heteroatoms. The second-order valence-electron chi connectivity index (χ2n) is 7.95. The quantitative estimate of drug-likeness (QED) is 0.152. The molecular weight excluding hydrogens is 476 g/mol. The lowest BCUT2D eigenvalue weighted by molar-refractivity contribution is -0.161. The Labute approximate surface area is 215 Å². The molecule has 1 aromatic heterocycles. The third-order valence-corrected chi connectivity index (χ3v) is 5.43. The minimum atomic E-state index is -0.847. The first-order valence-electron chi connectivity index (χ1n) is 11.9. The van der Waals surface area contributed by atoms with Crippen molar-refractivity contribution in [2.45, 2.75) is 39.3 Å². The van der Waals surface area contributed by atoms with Crippen molar-refractivity contribution in [1.29, 1.82) is 0 Å². The average molecular weight is 509 g/mol. The van der Waals surface area contributed by atoms with E-state index in [4.69, 9.17) is 25.9 Å². The molecule has 37 heavy (non-hydrogen) atoms. The van der Waals surface area contributed by atoms with Crippen molar-refractivity contribution in [3.05, 3.63) is 82.4 Å². The Kier molecular flexibility index (Phi) is 10.0. The first-order valence-corrected chi connectivity index (χ1v) is 11.9. The van der Waals surface area contributed by atoms with Gasteiger partial charge in [-0.05, 0) is 24.6 Å².